The molecular formula is C31H48N4O6S. The van der Waals surface area contributed by atoms with Crippen molar-refractivity contribution in [3.8, 4) is 0 Å². The summed E-state index contributed by atoms with van der Waals surface area (Å²) < 4.78 is 33.6. The summed E-state index contributed by atoms with van der Waals surface area (Å²) in [5, 5.41) is 15.9. The number of methoxy groups -OCH3 is 1. The van der Waals surface area contributed by atoms with E-state index in [4.69, 9.17) is 4.74 Å². The SMILES string of the molecule is COCCNCC(=O)NN(C(=O)CC(C)(C)C)[C@@H](Cc1ccccc1)[C@H](O)CN(CC(C)C)S(=O)(=O)c1ccccc1. The number of carbonyl (C=O) groups is 2. The molecule has 0 aliphatic rings. The van der Waals surface area contributed by atoms with Crippen molar-refractivity contribution in [2.75, 3.05) is 39.9 Å². The lowest BCUT2D eigenvalue weighted by molar-refractivity contribution is -0.149. The Bertz CT molecular complexity index is 1200. The second-order valence-corrected chi connectivity index (χ2v) is 14.0. The molecule has 0 saturated heterocycles. The lowest BCUT2D eigenvalue weighted by Crippen LogP contribution is -2.60. The Hall–Kier alpha value is -2.83. The maximum atomic E-state index is 13.7. The number of amides is 2. The highest BCUT2D eigenvalue weighted by molar-refractivity contribution is 7.89. The van der Waals surface area contributed by atoms with Crippen LogP contribution in [0.5, 0.6) is 0 Å². The standard InChI is InChI=1S/C31H48N4O6S/c1-24(2)22-34(42(39,40)26-15-11-8-12-16-26)23-28(36)27(19-25-13-9-7-10-14-25)35(30(38)20-31(3,4)5)33-29(37)21-32-17-18-41-6/h7-16,24,27-28,32,36H,17-23H2,1-6H3,(H,33,37)/t27-,28+/m0/s1. The van der Waals surface area contributed by atoms with Crippen LogP contribution in [0, 0.1) is 11.3 Å². The minimum absolute atomic E-state index is 0.0280. The van der Waals surface area contributed by atoms with Gasteiger partial charge in [0.05, 0.1) is 30.2 Å². The molecule has 0 unspecified atom stereocenters. The highest BCUT2D eigenvalue weighted by atomic mass is 32.2. The van der Waals surface area contributed by atoms with Gasteiger partial charge in [0.15, 0.2) is 0 Å². The van der Waals surface area contributed by atoms with Gasteiger partial charge in [-0.2, -0.15) is 4.31 Å². The molecule has 3 N–H and O–H groups in total. The van der Waals surface area contributed by atoms with E-state index in [0.29, 0.717) is 13.2 Å². The van der Waals surface area contributed by atoms with Gasteiger partial charge in [0.25, 0.3) is 5.91 Å². The van der Waals surface area contributed by atoms with Crippen molar-refractivity contribution in [1.29, 1.82) is 0 Å². The van der Waals surface area contributed by atoms with Gasteiger partial charge in [0.1, 0.15) is 0 Å². The van der Waals surface area contributed by atoms with E-state index >= 15 is 0 Å². The van der Waals surface area contributed by atoms with Crippen molar-refractivity contribution in [2.24, 2.45) is 11.3 Å². The van der Waals surface area contributed by atoms with Crippen LogP contribution in [-0.4, -0.2) is 86.7 Å². The first-order valence-electron chi connectivity index (χ1n) is 14.3. The molecule has 0 radical (unpaired) electrons. The van der Waals surface area contributed by atoms with Crippen LogP contribution in [-0.2, 0) is 30.8 Å². The largest absolute Gasteiger partial charge is 0.390 e. The van der Waals surface area contributed by atoms with Crippen molar-refractivity contribution in [3.05, 3.63) is 66.2 Å². The number of carbonyl (C=O) groups excluding carboxylic acids is 2. The van der Waals surface area contributed by atoms with Crippen LogP contribution in [0.4, 0.5) is 0 Å². The average molecular weight is 605 g/mol. The fourth-order valence-electron chi connectivity index (χ4n) is 4.42. The quantitative estimate of drug-likeness (QED) is 0.199. The first-order valence-corrected chi connectivity index (χ1v) is 15.8. The summed E-state index contributed by atoms with van der Waals surface area (Å²) in [5.74, 6) is -0.872. The molecule has 0 aliphatic heterocycles. The zero-order valence-electron chi connectivity index (χ0n) is 25.7. The van der Waals surface area contributed by atoms with Crippen LogP contribution < -0.4 is 10.7 Å². The maximum Gasteiger partial charge on any atom is 0.252 e. The molecule has 10 nitrogen and oxygen atoms in total. The first kappa shape index (κ1) is 35.4. The number of hydrogen-bond acceptors (Lipinski definition) is 7. The predicted molar refractivity (Wildman–Crippen MR) is 164 cm³/mol. The van der Waals surface area contributed by atoms with Crippen molar-refractivity contribution in [1.82, 2.24) is 20.1 Å². The zero-order chi connectivity index (χ0) is 31.3. The number of hydrazine groups is 1. The fraction of sp³-hybridized carbons (Fsp3) is 0.548. The number of nitrogens with zero attached hydrogens (tertiary/aromatic N) is 2. The molecule has 0 bridgehead atoms. The van der Waals surface area contributed by atoms with Gasteiger partial charge >= 0.3 is 0 Å². The van der Waals surface area contributed by atoms with E-state index in [9.17, 15) is 23.1 Å². The van der Waals surface area contributed by atoms with E-state index in [2.05, 4.69) is 10.7 Å². The van der Waals surface area contributed by atoms with Gasteiger partial charge in [0, 0.05) is 33.2 Å². The monoisotopic (exact) mass is 604 g/mol. The molecule has 2 aromatic rings. The Morgan fingerprint density at radius 2 is 1.57 bits per heavy atom. The highest BCUT2D eigenvalue weighted by Gasteiger charge is 2.36. The van der Waals surface area contributed by atoms with Crippen LogP contribution >= 0.6 is 0 Å². The molecule has 11 heteroatoms. The Kier molecular flexibility index (Phi) is 14.1. The lowest BCUT2D eigenvalue weighted by atomic mass is 9.91. The Balaban J connectivity index is 2.48. The van der Waals surface area contributed by atoms with Gasteiger partial charge in [-0.25, -0.2) is 13.4 Å². The number of hydrogen-bond donors (Lipinski definition) is 3. The smallest absolute Gasteiger partial charge is 0.252 e. The van der Waals surface area contributed by atoms with E-state index in [1.165, 1.54) is 21.4 Å². The Morgan fingerprint density at radius 1 is 0.976 bits per heavy atom. The minimum atomic E-state index is -3.95. The number of sulfonamides is 1. The second-order valence-electron chi connectivity index (χ2n) is 12.1. The molecule has 0 saturated carbocycles. The molecule has 0 spiro atoms. The lowest BCUT2D eigenvalue weighted by Gasteiger charge is -2.38. The first-order chi connectivity index (χ1) is 19.7. The van der Waals surface area contributed by atoms with Crippen LogP contribution in [0.1, 0.15) is 46.6 Å². The molecule has 42 heavy (non-hydrogen) atoms. The molecule has 234 valence electrons. The van der Waals surface area contributed by atoms with E-state index in [1.54, 1.807) is 25.3 Å². The summed E-state index contributed by atoms with van der Waals surface area (Å²) in [6.07, 6.45) is -1.04. The summed E-state index contributed by atoms with van der Waals surface area (Å²) in [6, 6.07) is 16.4. The van der Waals surface area contributed by atoms with Crippen molar-refractivity contribution < 1.29 is 27.9 Å². The molecule has 2 atom stereocenters. The number of benzene rings is 2. The van der Waals surface area contributed by atoms with E-state index in [0.717, 1.165) is 5.56 Å². The summed E-state index contributed by atoms with van der Waals surface area (Å²) >= 11 is 0. The van der Waals surface area contributed by atoms with Gasteiger partial charge in [0.2, 0.25) is 15.9 Å². The van der Waals surface area contributed by atoms with E-state index in [-0.39, 0.29) is 49.2 Å². The highest BCUT2D eigenvalue weighted by Crippen LogP contribution is 2.24. The summed E-state index contributed by atoms with van der Waals surface area (Å²) in [4.78, 5) is 26.8. The Morgan fingerprint density at radius 3 is 2.12 bits per heavy atom. The topological polar surface area (TPSA) is 128 Å². The number of aliphatic hydroxyl groups is 1. The molecule has 0 aliphatic carbocycles. The van der Waals surface area contributed by atoms with Crippen molar-refractivity contribution >= 4 is 21.8 Å². The molecule has 2 aromatic carbocycles. The van der Waals surface area contributed by atoms with Crippen LogP contribution in [0.2, 0.25) is 0 Å². The Labute approximate surface area is 251 Å². The van der Waals surface area contributed by atoms with E-state index in [1.807, 2.05) is 65.0 Å². The second kappa shape index (κ2) is 16.7. The summed E-state index contributed by atoms with van der Waals surface area (Å²) in [6.45, 7) is 10.2. The van der Waals surface area contributed by atoms with Gasteiger partial charge in [-0.3, -0.25) is 15.0 Å². The number of aliphatic hydroxyl groups excluding tert-OH is 1. The third kappa shape index (κ3) is 11.8. The number of rotatable bonds is 16. The fourth-order valence-corrected chi connectivity index (χ4v) is 6.07. The van der Waals surface area contributed by atoms with Gasteiger partial charge < -0.3 is 15.2 Å². The van der Waals surface area contributed by atoms with Gasteiger partial charge in [-0.1, -0.05) is 83.1 Å². The predicted octanol–water partition coefficient (Wildman–Crippen LogP) is 2.84. The van der Waals surface area contributed by atoms with Crippen molar-refractivity contribution in [2.45, 2.75) is 64.5 Å². The molecule has 0 heterocycles. The van der Waals surface area contributed by atoms with E-state index < -0.39 is 33.5 Å². The normalized spacial score (nSPS) is 13.6. The number of nitrogens with one attached hydrogen (secondary N) is 2. The number of ether oxygens (including phenoxy) is 1. The summed E-state index contributed by atoms with van der Waals surface area (Å²) in [5.41, 5.74) is 3.14. The van der Waals surface area contributed by atoms with Crippen LogP contribution in [0.3, 0.4) is 0 Å². The maximum absolute atomic E-state index is 13.7. The minimum Gasteiger partial charge on any atom is -0.390 e. The van der Waals surface area contributed by atoms with Crippen LogP contribution in [0.25, 0.3) is 0 Å². The third-order valence-corrected chi connectivity index (χ3v) is 8.21. The van der Waals surface area contributed by atoms with Crippen molar-refractivity contribution in [3.63, 3.8) is 0 Å². The molecule has 0 fully saturated rings. The molecular weight excluding hydrogens is 556 g/mol. The molecule has 2 amide bonds. The molecule has 2 rings (SSSR count). The van der Waals surface area contributed by atoms with Gasteiger partial charge in [-0.05, 0) is 35.4 Å². The van der Waals surface area contributed by atoms with Crippen LogP contribution in [0.15, 0.2) is 65.6 Å². The average Bonchev–Trinajstić information content (AvgIpc) is 2.92. The molecule has 0 aromatic heterocycles. The third-order valence-electron chi connectivity index (χ3n) is 6.37. The summed E-state index contributed by atoms with van der Waals surface area (Å²) in [7, 11) is -2.39. The zero-order valence-corrected chi connectivity index (χ0v) is 26.6. The van der Waals surface area contributed by atoms with Gasteiger partial charge in [-0.15, -0.1) is 0 Å².